The second kappa shape index (κ2) is 8.51. The largest absolute Gasteiger partial charge is 0.481 e. The van der Waals surface area contributed by atoms with Crippen LogP contribution in [-0.2, 0) is 11.2 Å². The third kappa shape index (κ3) is 3.80. The number of carbonyl (C=O) groups excluding carboxylic acids is 1. The van der Waals surface area contributed by atoms with Crippen molar-refractivity contribution in [3.05, 3.63) is 94.7 Å². The molecule has 3 aliphatic rings. The molecule has 2 fully saturated rings. The molecule has 1 N–H and O–H groups in total. The van der Waals surface area contributed by atoms with Crippen LogP contribution in [0.25, 0.3) is 16.8 Å². The normalized spacial score (nSPS) is 22.4. The van der Waals surface area contributed by atoms with E-state index in [0.29, 0.717) is 41.4 Å². The molecule has 3 heterocycles. The third-order valence-corrected chi connectivity index (χ3v) is 8.51. The first-order chi connectivity index (χ1) is 18.4. The van der Waals surface area contributed by atoms with Crippen molar-refractivity contribution in [3.63, 3.8) is 0 Å². The maximum absolute atomic E-state index is 15.2. The zero-order valence-electron chi connectivity index (χ0n) is 21.1. The standard InChI is InChI=1S/C31H28FN3O3/c1-17-22-5-3-2-4-18(22)10-11-34(17)30(36)27-15-28(19-6-7-19)35-16-21(13-29(35)33-27)23-9-8-20(12-26(23)32)24-14-25(24)31(37)38/h2-5,8-9,12-13,15-17,19,24-25H,6-7,10-11,14H2,1H3,(H,37,38)/t17-,24?,25+/m1/s1. The molecule has 2 saturated carbocycles. The van der Waals surface area contributed by atoms with Gasteiger partial charge < -0.3 is 14.4 Å². The average Bonchev–Trinajstić information content (AvgIpc) is 3.84. The molecule has 1 amide bonds. The van der Waals surface area contributed by atoms with E-state index < -0.39 is 11.9 Å². The predicted octanol–water partition coefficient (Wildman–Crippen LogP) is 5.97. The lowest BCUT2D eigenvalue weighted by Gasteiger charge is -2.35. The number of amides is 1. The van der Waals surface area contributed by atoms with Gasteiger partial charge in [0.15, 0.2) is 0 Å². The Hall–Kier alpha value is -4.00. The van der Waals surface area contributed by atoms with Crippen molar-refractivity contribution in [2.24, 2.45) is 5.92 Å². The van der Waals surface area contributed by atoms with Gasteiger partial charge in [0.05, 0.1) is 12.0 Å². The van der Waals surface area contributed by atoms with E-state index in [4.69, 9.17) is 4.98 Å². The molecule has 4 aromatic rings. The average molecular weight is 510 g/mol. The van der Waals surface area contributed by atoms with Gasteiger partial charge >= 0.3 is 5.97 Å². The van der Waals surface area contributed by atoms with Crippen LogP contribution in [0.5, 0.6) is 0 Å². The maximum Gasteiger partial charge on any atom is 0.307 e. The molecule has 0 bridgehead atoms. The highest BCUT2D eigenvalue weighted by atomic mass is 19.1. The monoisotopic (exact) mass is 509 g/mol. The quantitative estimate of drug-likeness (QED) is 0.360. The number of halogens is 1. The summed E-state index contributed by atoms with van der Waals surface area (Å²) in [7, 11) is 0. The van der Waals surface area contributed by atoms with Crippen LogP contribution in [0.1, 0.15) is 76.9 Å². The number of nitrogens with zero attached hydrogens (tertiary/aromatic N) is 3. The molecule has 0 saturated heterocycles. The second-order valence-electron chi connectivity index (χ2n) is 10.9. The summed E-state index contributed by atoms with van der Waals surface area (Å²) in [5, 5.41) is 9.22. The molecule has 2 aromatic carbocycles. The number of carboxylic acid groups (broad SMARTS) is 1. The Morgan fingerprint density at radius 1 is 1.08 bits per heavy atom. The van der Waals surface area contributed by atoms with E-state index in [1.165, 1.54) is 17.2 Å². The molecule has 1 aliphatic heterocycles. The molecule has 6 nitrogen and oxygen atoms in total. The molecule has 2 aromatic heterocycles. The fourth-order valence-electron chi connectivity index (χ4n) is 6.09. The van der Waals surface area contributed by atoms with E-state index in [1.807, 2.05) is 45.8 Å². The number of benzene rings is 2. The Balaban J connectivity index is 1.23. The zero-order valence-corrected chi connectivity index (χ0v) is 21.1. The summed E-state index contributed by atoms with van der Waals surface area (Å²) >= 11 is 0. The Morgan fingerprint density at radius 3 is 2.63 bits per heavy atom. The number of aromatic nitrogens is 2. The lowest BCUT2D eigenvalue weighted by atomic mass is 9.93. The van der Waals surface area contributed by atoms with E-state index in [2.05, 4.69) is 19.1 Å². The molecular formula is C31H28FN3O3. The number of carboxylic acids is 1. The van der Waals surface area contributed by atoms with Gasteiger partial charge in [-0.15, -0.1) is 0 Å². The summed E-state index contributed by atoms with van der Waals surface area (Å²) in [5.41, 5.74) is 6.43. The van der Waals surface area contributed by atoms with Crippen molar-refractivity contribution in [2.45, 2.75) is 50.5 Å². The molecule has 7 rings (SSSR count). The predicted molar refractivity (Wildman–Crippen MR) is 141 cm³/mol. The summed E-state index contributed by atoms with van der Waals surface area (Å²) in [5.74, 6) is -1.46. The topological polar surface area (TPSA) is 74.9 Å². The molecule has 1 unspecified atom stereocenters. The Kier molecular flexibility index (Phi) is 5.18. The Labute approximate surface area is 219 Å². The number of hydrogen-bond donors (Lipinski definition) is 1. The van der Waals surface area contributed by atoms with Gasteiger partial charge in [0, 0.05) is 29.6 Å². The van der Waals surface area contributed by atoms with Gasteiger partial charge in [-0.25, -0.2) is 9.37 Å². The van der Waals surface area contributed by atoms with Gasteiger partial charge in [-0.1, -0.05) is 36.4 Å². The van der Waals surface area contributed by atoms with Crippen molar-refractivity contribution >= 4 is 17.5 Å². The minimum atomic E-state index is -0.828. The number of hydrogen-bond acceptors (Lipinski definition) is 3. The zero-order chi connectivity index (χ0) is 26.1. The first-order valence-electron chi connectivity index (χ1n) is 13.3. The lowest BCUT2D eigenvalue weighted by molar-refractivity contribution is -0.138. The summed E-state index contributed by atoms with van der Waals surface area (Å²) < 4.78 is 17.2. The summed E-state index contributed by atoms with van der Waals surface area (Å²) in [6.07, 6.45) is 5.39. The van der Waals surface area contributed by atoms with Crippen molar-refractivity contribution < 1.29 is 19.1 Å². The minimum Gasteiger partial charge on any atom is -0.481 e. The molecule has 38 heavy (non-hydrogen) atoms. The van der Waals surface area contributed by atoms with Crippen LogP contribution in [0.2, 0.25) is 0 Å². The third-order valence-electron chi connectivity index (χ3n) is 8.51. The fourth-order valence-corrected chi connectivity index (χ4v) is 6.09. The van der Waals surface area contributed by atoms with Gasteiger partial charge in [0.2, 0.25) is 0 Å². The molecule has 3 atom stereocenters. The van der Waals surface area contributed by atoms with E-state index >= 15 is 4.39 Å². The molecule has 192 valence electrons. The van der Waals surface area contributed by atoms with Crippen molar-refractivity contribution in [3.8, 4) is 11.1 Å². The molecular weight excluding hydrogens is 481 g/mol. The van der Waals surface area contributed by atoms with Crippen LogP contribution < -0.4 is 0 Å². The maximum atomic E-state index is 15.2. The highest BCUT2D eigenvalue weighted by Crippen LogP contribution is 2.48. The highest BCUT2D eigenvalue weighted by molar-refractivity contribution is 5.93. The van der Waals surface area contributed by atoms with Gasteiger partial charge in [-0.3, -0.25) is 9.59 Å². The van der Waals surface area contributed by atoms with Gasteiger partial charge in [0.25, 0.3) is 5.91 Å². The second-order valence-corrected chi connectivity index (χ2v) is 10.9. The van der Waals surface area contributed by atoms with Crippen LogP contribution in [0.4, 0.5) is 4.39 Å². The molecule has 7 heteroatoms. The molecule has 0 radical (unpaired) electrons. The van der Waals surface area contributed by atoms with Gasteiger partial charge in [-0.05, 0) is 79.3 Å². The first kappa shape index (κ1) is 23.1. The van der Waals surface area contributed by atoms with E-state index in [1.54, 1.807) is 6.07 Å². The summed E-state index contributed by atoms with van der Waals surface area (Å²) in [4.78, 5) is 31.6. The van der Waals surface area contributed by atoms with Crippen LogP contribution >= 0.6 is 0 Å². The van der Waals surface area contributed by atoms with Crippen molar-refractivity contribution in [1.29, 1.82) is 0 Å². The minimum absolute atomic E-state index is 0.0306. The van der Waals surface area contributed by atoms with Crippen LogP contribution in [-0.4, -0.2) is 37.8 Å². The van der Waals surface area contributed by atoms with Gasteiger partial charge in [0.1, 0.15) is 17.2 Å². The molecule has 0 spiro atoms. The van der Waals surface area contributed by atoms with Crippen molar-refractivity contribution in [1.82, 2.24) is 14.3 Å². The number of rotatable bonds is 5. The first-order valence-corrected chi connectivity index (χ1v) is 13.3. The van der Waals surface area contributed by atoms with E-state index in [0.717, 1.165) is 30.5 Å². The number of fused-ring (bicyclic) bond motifs is 2. The SMILES string of the molecule is C[C@@H]1c2ccccc2CCN1C(=O)c1cc(C2CC2)n2cc(-c3ccc(C4C[C@@H]4C(=O)O)cc3F)cc2n1. The smallest absolute Gasteiger partial charge is 0.307 e. The van der Waals surface area contributed by atoms with Crippen LogP contribution in [0, 0.1) is 11.7 Å². The Bertz CT molecular complexity index is 1620. The lowest BCUT2D eigenvalue weighted by Crippen LogP contribution is -2.39. The Morgan fingerprint density at radius 2 is 1.89 bits per heavy atom. The summed E-state index contributed by atoms with van der Waals surface area (Å²) in [6.45, 7) is 2.72. The van der Waals surface area contributed by atoms with E-state index in [-0.39, 0.29) is 23.7 Å². The fraction of sp³-hybridized carbons (Fsp3) is 0.323. The molecule has 2 aliphatic carbocycles. The number of aliphatic carboxylic acids is 1. The van der Waals surface area contributed by atoms with Crippen molar-refractivity contribution in [2.75, 3.05) is 6.54 Å². The number of carbonyl (C=O) groups is 2. The van der Waals surface area contributed by atoms with Gasteiger partial charge in [-0.2, -0.15) is 0 Å². The van der Waals surface area contributed by atoms with E-state index in [9.17, 15) is 14.7 Å². The van der Waals surface area contributed by atoms with Crippen LogP contribution in [0.15, 0.2) is 60.8 Å². The highest BCUT2D eigenvalue weighted by Gasteiger charge is 2.44. The van der Waals surface area contributed by atoms with Crippen LogP contribution in [0.3, 0.4) is 0 Å². The summed E-state index contributed by atoms with van der Waals surface area (Å²) in [6, 6.07) is 17.0.